The van der Waals surface area contributed by atoms with Crippen LogP contribution in [0.2, 0.25) is 0 Å². The zero-order valence-corrected chi connectivity index (χ0v) is 14.1. The number of hydrogen-bond donors (Lipinski definition) is 0. The first kappa shape index (κ1) is 16.4. The SMILES string of the molecule is Fc1cnc(N2CC[C@H](N3CCOCC3)[C@H]2Cc2cccnc2)nc1. The highest BCUT2D eigenvalue weighted by Gasteiger charge is 2.39. The van der Waals surface area contributed by atoms with Crippen LogP contribution in [-0.2, 0) is 11.2 Å². The zero-order chi connectivity index (χ0) is 17.1. The van der Waals surface area contributed by atoms with Gasteiger partial charge in [-0.3, -0.25) is 9.88 Å². The van der Waals surface area contributed by atoms with Gasteiger partial charge in [-0.05, 0) is 24.5 Å². The molecule has 0 spiro atoms. The van der Waals surface area contributed by atoms with Gasteiger partial charge in [-0.2, -0.15) is 0 Å². The molecule has 2 atom stereocenters. The maximum absolute atomic E-state index is 13.2. The molecular weight excluding hydrogens is 321 g/mol. The van der Waals surface area contributed by atoms with Crippen LogP contribution in [0, 0.1) is 5.82 Å². The average molecular weight is 343 g/mol. The quantitative estimate of drug-likeness (QED) is 0.839. The van der Waals surface area contributed by atoms with Crippen LogP contribution >= 0.6 is 0 Å². The van der Waals surface area contributed by atoms with Gasteiger partial charge in [-0.1, -0.05) is 6.07 Å². The number of morpholine rings is 1. The van der Waals surface area contributed by atoms with E-state index in [-0.39, 0.29) is 6.04 Å². The highest BCUT2D eigenvalue weighted by Crippen LogP contribution is 2.29. The topological polar surface area (TPSA) is 54.4 Å². The maximum atomic E-state index is 13.2. The first-order valence-corrected chi connectivity index (χ1v) is 8.76. The molecule has 6 nitrogen and oxygen atoms in total. The molecule has 4 heterocycles. The van der Waals surface area contributed by atoms with Crippen molar-refractivity contribution in [2.75, 3.05) is 37.7 Å². The van der Waals surface area contributed by atoms with Crippen LogP contribution in [-0.4, -0.2) is 64.8 Å². The van der Waals surface area contributed by atoms with E-state index in [0.717, 1.165) is 45.7 Å². The molecular formula is C18H22FN5O. The van der Waals surface area contributed by atoms with E-state index >= 15 is 0 Å². The van der Waals surface area contributed by atoms with Crippen molar-refractivity contribution < 1.29 is 9.13 Å². The summed E-state index contributed by atoms with van der Waals surface area (Å²) in [6, 6.07) is 4.73. The molecule has 0 radical (unpaired) electrons. The van der Waals surface area contributed by atoms with Gasteiger partial charge in [0.25, 0.3) is 0 Å². The monoisotopic (exact) mass is 343 g/mol. The molecule has 0 N–H and O–H groups in total. The highest BCUT2D eigenvalue weighted by molar-refractivity contribution is 5.36. The molecule has 2 aliphatic rings. The van der Waals surface area contributed by atoms with E-state index in [4.69, 9.17) is 4.74 Å². The largest absolute Gasteiger partial charge is 0.379 e. The number of rotatable bonds is 4. The Hall–Kier alpha value is -2.12. The number of anilines is 1. The van der Waals surface area contributed by atoms with Crippen LogP contribution in [0.15, 0.2) is 36.9 Å². The molecule has 0 bridgehead atoms. The Morgan fingerprint density at radius 1 is 1.12 bits per heavy atom. The minimum Gasteiger partial charge on any atom is -0.379 e. The molecule has 4 rings (SSSR count). The molecule has 2 aliphatic heterocycles. The Kier molecular flexibility index (Phi) is 4.85. The van der Waals surface area contributed by atoms with Crippen LogP contribution in [0.1, 0.15) is 12.0 Å². The van der Waals surface area contributed by atoms with E-state index in [1.807, 2.05) is 12.3 Å². The summed E-state index contributed by atoms with van der Waals surface area (Å²) in [6.45, 7) is 4.34. The van der Waals surface area contributed by atoms with Crippen LogP contribution in [0.3, 0.4) is 0 Å². The van der Waals surface area contributed by atoms with Gasteiger partial charge >= 0.3 is 0 Å². The Labute approximate surface area is 146 Å². The highest BCUT2D eigenvalue weighted by atomic mass is 19.1. The van der Waals surface area contributed by atoms with Crippen molar-refractivity contribution in [2.45, 2.75) is 24.9 Å². The Morgan fingerprint density at radius 2 is 1.92 bits per heavy atom. The van der Waals surface area contributed by atoms with E-state index in [0.29, 0.717) is 12.0 Å². The van der Waals surface area contributed by atoms with Gasteiger partial charge in [-0.25, -0.2) is 14.4 Å². The summed E-state index contributed by atoms with van der Waals surface area (Å²) >= 11 is 0. The van der Waals surface area contributed by atoms with Crippen LogP contribution in [0.25, 0.3) is 0 Å². The second kappa shape index (κ2) is 7.41. The van der Waals surface area contributed by atoms with Crippen LogP contribution in [0.5, 0.6) is 0 Å². The van der Waals surface area contributed by atoms with Crippen molar-refractivity contribution in [1.29, 1.82) is 0 Å². The smallest absolute Gasteiger partial charge is 0.225 e. The maximum Gasteiger partial charge on any atom is 0.225 e. The summed E-state index contributed by atoms with van der Waals surface area (Å²) in [7, 11) is 0. The van der Waals surface area contributed by atoms with Gasteiger partial charge in [0, 0.05) is 38.1 Å². The summed E-state index contributed by atoms with van der Waals surface area (Å²) in [6.07, 6.45) is 8.11. The summed E-state index contributed by atoms with van der Waals surface area (Å²) in [5.74, 6) is 0.197. The average Bonchev–Trinajstić information content (AvgIpc) is 3.07. The lowest BCUT2D eigenvalue weighted by Crippen LogP contribution is -2.50. The fourth-order valence-electron chi connectivity index (χ4n) is 3.88. The Bertz CT molecular complexity index is 678. The molecule has 25 heavy (non-hydrogen) atoms. The van der Waals surface area contributed by atoms with Crippen molar-refractivity contribution >= 4 is 5.95 Å². The lowest BCUT2D eigenvalue weighted by molar-refractivity contribution is 0.0148. The number of ether oxygens (including phenoxy) is 1. The number of halogens is 1. The lowest BCUT2D eigenvalue weighted by Gasteiger charge is -2.37. The van der Waals surface area contributed by atoms with Gasteiger partial charge in [0.15, 0.2) is 5.82 Å². The summed E-state index contributed by atoms with van der Waals surface area (Å²) < 4.78 is 18.7. The van der Waals surface area contributed by atoms with E-state index in [1.54, 1.807) is 6.20 Å². The van der Waals surface area contributed by atoms with Gasteiger partial charge < -0.3 is 9.64 Å². The second-order valence-corrected chi connectivity index (χ2v) is 6.53. The predicted octanol–water partition coefficient (Wildman–Crippen LogP) is 1.53. The van der Waals surface area contributed by atoms with E-state index in [1.165, 1.54) is 18.0 Å². The van der Waals surface area contributed by atoms with E-state index < -0.39 is 5.82 Å². The van der Waals surface area contributed by atoms with E-state index in [2.05, 4.69) is 30.8 Å². The molecule has 132 valence electrons. The molecule has 0 saturated carbocycles. The number of pyridine rings is 1. The molecule has 0 aromatic carbocycles. The third-order valence-corrected chi connectivity index (χ3v) is 5.06. The summed E-state index contributed by atoms with van der Waals surface area (Å²) in [5.41, 5.74) is 1.19. The fraction of sp³-hybridized carbons (Fsp3) is 0.500. The van der Waals surface area contributed by atoms with Crippen molar-refractivity contribution in [2.24, 2.45) is 0 Å². The van der Waals surface area contributed by atoms with Crippen molar-refractivity contribution in [3.63, 3.8) is 0 Å². The molecule has 0 amide bonds. The molecule has 2 saturated heterocycles. The number of nitrogens with zero attached hydrogens (tertiary/aromatic N) is 5. The number of aromatic nitrogens is 3. The first-order valence-electron chi connectivity index (χ1n) is 8.76. The van der Waals surface area contributed by atoms with Crippen molar-refractivity contribution in [1.82, 2.24) is 19.9 Å². The number of hydrogen-bond acceptors (Lipinski definition) is 6. The molecule has 0 unspecified atom stereocenters. The minimum atomic E-state index is -0.406. The molecule has 2 aromatic heterocycles. The third-order valence-electron chi connectivity index (χ3n) is 5.06. The molecule has 7 heteroatoms. The summed E-state index contributed by atoms with van der Waals surface area (Å²) in [4.78, 5) is 17.4. The van der Waals surface area contributed by atoms with Crippen molar-refractivity contribution in [3.8, 4) is 0 Å². The fourth-order valence-corrected chi connectivity index (χ4v) is 3.88. The van der Waals surface area contributed by atoms with Gasteiger partial charge in [0.1, 0.15) is 0 Å². The third kappa shape index (κ3) is 3.62. The normalized spacial score (nSPS) is 24.6. The van der Waals surface area contributed by atoms with Crippen molar-refractivity contribution in [3.05, 3.63) is 48.3 Å². The van der Waals surface area contributed by atoms with Gasteiger partial charge in [0.05, 0.1) is 31.6 Å². The second-order valence-electron chi connectivity index (χ2n) is 6.53. The molecule has 2 fully saturated rings. The molecule has 2 aromatic rings. The van der Waals surface area contributed by atoms with Crippen LogP contribution in [0.4, 0.5) is 10.3 Å². The van der Waals surface area contributed by atoms with E-state index in [9.17, 15) is 4.39 Å². The Balaban J connectivity index is 1.60. The molecule has 0 aliphatic carbocycles. The standard InChI is InChI=1S/C18H22FN5O/c19-15-12-21-18(22-13-15)24-5-3-16(23-6-8-25-9-7-23)17(24)10-14-2-1-4-20-11-14/h1-2,4,11-13,16-17H,3,5-10H2/t16-,17+/m0/s1. The first-order chi connectivity index (χ1) is 12.3. The Morgan fingerprint density at radius 3 is 2.64 bits per heavy atom. The summed E-state index contributed by atoms with van der Waals surface area (Å²) in [5, 5.41) is 0. The predicted molar refractivity (Wildman–Crippen MR) is 91.9 cm³/mol. The zero-order valence-electron chi connectivity index (χ0n) is 14.1. The lowest BCUT2D eigenvalue weighted by atomic mass is 9.99. The van der Waals surface area contributed by atoms with Crippen LogP contribution < -0.4 is 4.90 Å². The van der Waals surface area contributed by atoms with Gasteiger partial charge in [0.2, 0.25) is 5.95 Å². The minimum absolute atomic E-state index is 0.243. The van der Waals surface area contributed by atoms with Gasteiger partial charge in [-0.15, -0.1) is 0 Å².